The minimum atomic E-state index is -5.14. The summed E-state index contributed by atoms with van der Waals surface area (Å²) >= 11 is 1.36. The summed E-state index contributed by atoms with van der Waals surface area (Å²) < 4.78 is 69.5. The molecular weight excluding hydrogens is 839 g/mol. The maximum Gasteiger partial charge on any atom is 1.00 e. The van der Waals surface area contributed by atoms with Crippen LogP contribution in [0, 0.1) is 10.1 Å². The standard InChI is InChI=1S/C34H24N8O11S3.2Na/c35-31-30-18(15-28(55(48,49)50)32(31)40-37-19-1-7-22(8-2-19)42(46)47)16-29(56(51,52)53)33(34(30)45)41-38-21-5-12-25(13-6-21)54-24-10-3-20(4-11-24)36-39-26-14-9-23(43)17-27(26)44;;/h1-17,43-45H,35H2,(H,48,49,50)(H,51,52,53);;/q;2*+1/p-2. The Kier molecular flexibility index (Phi) is 14.9. The molecule has 0 aliphatic heterocycles. The molecule has 284 valence electrons. The monoisotopic (exact) mass is 860 g/mol. The van der Waals surface area contributed by atoms with E-state index in [0.29, 0.717) is 5.69 Å². The summed E-state index contributed by atoms with van der Waals surface area (Å²) in [5.41, 5.74) is 4.60. The molecule has 58 heavy (non-hydrogen) atoms. The van der Waals surface area contributed by atoms with Crippen molar-refractivity contribution in [3.05, 3.63) is 113 Å². The van der Waals surface area contributed by atoms with Gasteiger partial charge < -0.3 is 21.1 Å². The Hall–Kier alpha value is -4.85. The maximum atomic E-state index is 12.4. The molecule has 5 N–H and O–H groups in total. The van der Waals surface area contributed by atoms with E-state index < -0.39 is 69.3 Å². The number of phenolic OH excluding ortho intramolecular Hbond substituents is 1. The molecule has 24 heteroatoms. The maximum absolute atomic E-state index is 12.4. The van der Waals surface area contributed by atoms with Crippen LogP contribution in [0.3, 0.4) is 0 Å². The molecule has 0 heterocycles. The number of phenols is 1. The third-order valence-corrected chi connectivity index (χ3v) is 10.3. The van der Waals surface area contributed by atoms with Gasteiger partial charge in [-0.1, -0.05) is 29.6 Å². The molecule has 0 bridgehead atoms. The van der Waals surface area contributed by atoms with Crippen molar-refractivity contribution < 1.29 is 105 Å². The van der Waals surface area contributed by atoms with Gasteiger partial charge in [0.2, 0.25) is 0 Å². The fourth-order valence-corrected chi connectivity index (χ4v) is 7.09. The number of nitro benzene ring substituents is 1. The van der Waals surface area contributed by atoms with Crippen molar-refractivity contribution in [1.29, 1.82) is 0 Å². The summed E-state index contributed by atoms with van der Waals surface area (Å²) in [5.74, 6) is -1.91. The first kappa shape index (κ1) is 45.8. The molecule has 0 amide bonds. The second-order valence-electron chi connectivity index (χ2n) is 11.4. The first-order chi connectivity index (χ1) is 26.5. The fraction of sp³-hybridized carbons (Fsp3) is 0. The number of rotatable bonds is 11. The zero-order valence-corrected chi connectivity index (χ0v) is 36.3. The molecule has 0 saturated carbocycles. The Bertz CT molecular complexity index is 2850. The zero-order valence-electron chi connectivity index (χ0n) is 29.9. The van der Waals surface area contributed by atoms with Gasteiger partial charge in [-0.2, -0.15) is 37.3 Å². The largest absolute Gasteiger partial charge is 1.00 e. The minimum Gasteiger partial charge on any atom is -0.872 e. The summed E-state index contributed by atoms with van der Waals surface area (Å²) in [6.07, 6.45) is 0. The van der Waals surface area contributed by atoms with Crippen LogP contribution in [-0.4, -0.2) is 36.0 Å². The number of aromatic hydroxyl groups is 1. The van der Waals surface area contributed by atoms with E-state index in [1.165, 1.54) is 48.2 Å². The zero-order chi connectivity index (χ0) is 40.4. The molecule has 0 radical (unpaired) electrons. The molecule has 19 nitrogen and oxygen atoms in total. The summed E-state index contributed by atoms with van der Waals surface area (Å²) in [5, 5.41) is 68.0. The molecule has 0 aromatic heterocycles. The predicted octanol–water partition coefficient (Wildman–Crippen LogP) is 2.08. The van der Waals surface area contributed by atoms with Crippen LogP contribution in [0.5, 0.6) is 17.2 Å². The minimum absolute atomic E-state index is 0. The summed E-state index contributed by atoms with van der Waals surface area (Å²) in [4.78, 5) is 9.94. The Morgan fingerprint density at radius 2 is 1.07 bits per heavy atom. The molecule has 0 saturated heterocycles. The molecule has 0 aliphatic carbocycles. The van der Waals surface area contributed by atoms with E-state index in [0.717, 1.165) is 40.1 Å². The second-order valence-corrected chi connectivity index (χ2v) is 15.3. The van der Waals surface area contributed by atoms with Crippen molar-refractivity contribution >= 4 is 88.3 Å². The number of hydrogen-bond donors (Lipinski definition) is 4. The first-order valence-corrected chi connectivity index (χ1v) is 19.1. The van der Waals surface area contributed by atoms with Gasteiger partial charge in [-0.3, -0.25) is 19.2 Å². The van der Waals surface area contributed by atoms with Crippen LogP contribution in [0.1, 0.15) is 0 Å². The number of nitro groups is 1. The quantitative estimate of drug-likeness (QED) is 0.0363. The normalized spacial score (nSPS) is 11.9. The Morgan fingerprint density at radius 1 is 0.621 bits per heavy atom. The van der Waals surface area contributed by atoms with Gasteiger partial charge in [-0.05, 0) is 84.2 Å². The number of hydrogen-bond acceptors (Lipinski definition) is 17. The number of nitrogens with two attached hydrogens (primary N) is 1. The van der Waals surface area contributed by atoms with E-state index >= 15 is 0 Å². The number of azo groups is 3. The first-order valence-electron chi connectivity index (χ1n) is 15.4. The number of anilines is 1. The topological polar surface area (TPSA) is 318 Å². The van der Waals surface area contributed by atoms with Crippen molar-refractivity contribution in [2.75, 3.05) is 5.73 Å². The summed E-state index contributed by atoms with van der Waals surface area (Å²) in [7, 11) is -10.3. The van der Waals surface area contributed by atoms with Gasteiger partial charge in [0, 0.05) is 21.9 Å². The molecule has 0 aliphatic rings. The Balaban J connectivity index is 0.00000372. The number of fused-ring (bicyclic) bond motifs is 1. The van der Waals surface area contributed by atoms with Crippen molar-refractivity contribution in [2.45, 2.75) is 19.6 Å². The number of benzene rings is 6. The van der Waals surface area contributed by atoms with Gasteiger partial charge in [0.05, 0.1) is 38.7 Å². The molecule has 0 spiro atoms. The van der Waals surface area contributed by atoms with Crippen LogP contribution < -0.4 is 75.1 Å². The van der Waals surface area contributed by atoms with Gasteiger partial charge in [-0.15, -0.1) is 16.0 Å². The Labute approximate surface area is 376 Å². The average molecular weight is 861 g/mol. The van der Waals surface area contributed by atoms with E-state index in [-0.39, 0.29) is 92.6 Å². The molecule has 0 atom stereocenters. The van der Waals surface area contributed by atoms with E-state index in [4.69, 9.17) is 5.73 Å². The van der Waals surface area contributed by atoms with Crippen LogP contribution in [0.2, 0.25) is 0 Å². The molecule has 0 unspecified atom stereocenters. The predicted molar refractivity (Wildman–Crippen MR) is 198 cm³/mol. The fourth-order valence-electron chi connectivity index (χ4n) is 4.95. The van der Waals surface area contributed by atoms with Crippen molar-refractivity contribution in [3.8, 4) is 17.2 Å². The van der Waals surface area contributed by atoms with Crippen LogP contribution >= 0.6 is 11.8 Å². The molecule has 6 aromatic carbocycles. The molecule has 6 rings (SSSR count). The number of nitrogens with zero attached hydrogens (tertiary/aromatic N) is 7. The van der Waals surface area contributed by atoms with Crippen LogP contribution in [0.4, 0.5) is 45.5 Å². The van der Waals surface area contributed by atoms with Crippen LogP contribution in [0.25, 0.3) is 10.8 Å². The van der Waals surface area contributed by atoms with Gasteiger partial charge in [0.15, 0.2) is 5.75 Å². The average Bonchev–Trinajstić information content (AvgIpc) is 3.14. The van der Waals surface area contributed by atoms with Gasteiger partial charge >= 0.3 is 59.1 Å². The third-order valence-electron chi connectivity index (χ3n) is 7.58. The van der Waals surface area contributed by atoms with Crippen LogP contribution in [-0.2, 0) is 20.2 Å². The number of non-ortho nitro benzene ring substituents is 1. The summed E-state index contributed by atoms with van der Waals surface area (Å²) in [6.45, 7) is 0. The summed E-state index contributed by atoms with van der Waals surface area (Å²) in [6, 6.07) is 22.8. The smallest absolute Gasteiger partial charge is 0.872 e. The third kappa shape index (κ3) is 10.8. The van der Waals surface area contributed by atoms with Crippen molar-refractivity contribution in [1.82, 2.24) is 0 Å². The molecule has 0 fully saturated rings. The van der Waals surface area contributed by atoms with Gasteiger partial charge in [0.1, 0.15) is 21.2 Å². The molecular formula is C34H22N8Na2O11S3. The van der Waals surface area contributed by atoms with E-state index in [1.54, 1.807) is 36.4 Å². The second kappa shape index (κ2) is 18.8. The van der Waals surface area contributed by atoms with E-state index in [2.05, 4.69) is 30.7 Å². The van der Waals surface area contributed by atoms with Crippen molar-refractivity contribution in [2.24, 2.45) is 30.7 Å². The van der Waals surface area contributed by atoms with E-state index in [1.807, 2.05) is 0 Å². The van der Waals surface area contributed by atoms with Crippen LogP contribution in [0.15, 0.2) is 153 Å². The molecule has 6 aromatic rings. The number of nitrogen functional groups attached to an aromatic ring is 1. The Morgan fingerprint density at radius 3 is 1.53 bits per heavy atom. The SMILES string of the molecule is Nc1c(N=Nc2ccc([N+](=O)[O-])cc2)c(S(=O)(=O)O)cc2cc(S(=O)(=O)O)c(N=Nc3ccc(Sc4ccc(N=Nc5ccc([O-])cc5[O-])cc4)cc3)c(O)c12.[Na+].[Na+]. The van der Waals surface area contributed by atoms with Gasteiger partial charge in [-0.25, -0.2) is 0 Å². The van der Waals surface area contributed by atoms with Crippen molar-refractivity contribution in [3.63, 3.8) is 0 Å². The van der Waals surface area contributed by atoms with E-state index in [9.17, 15) is 51.4 Å². The van der Waals surface area contributed by atoms with Gasteiger partial charge in [0.25, 0.3) is 25.9 Å².